The number of aliphatic hydroxyl groups excluding tert-OH is 1. The smallest absolute Gasteiger partial charge is 0.290 e. The van der Waals surface area contributed by atoms with Crippen LogP contribution < -0.4 is 9.47 Å². The fraction of sp³-hybridized carbons (Fsp3) is 0.280. The summed E-state index contributed by atoms with van der Waals surface area (Å²) < 4.78 is 10.8. The van der Waals surface area contributed by atoms with Crippen molar-refractivity contribution in [2.75, 3.05) is 20.3 Å². The molecule has 2 heterocycles. The van der Waals surface area contributed by atoms with E-state index in [0.29, 0.717) is 25.3 Å². The van der Waals surface area contributed by atoms with E-state index < -0.39 is 17.7 Å². The van der Waals surface area contributed by atoms with Crippen LogP contribution in [0.15, 0.2) is 60.0 Å². The molecule has 166 valence electrons. The van der Waals surface area contributed by atoms with Crippen LogP contribution in [-0.2, 0) is 16.0 Å². The number of methoxy groups -OCH3 is 1. The number of nitrogens with one attached hydrogen (secondary N) is 1. The van der Waals surface area contributed by atoms with E-state index in [-0.39, 0.29) is 11.4 Å². The highest BCUT2D eigenvalue weighted by Crippen LogP contribution is 2.38. The van der Waals surface area contributed by atoms with Gasteiger partial charge in [-0.2, -0.15) is 0 Å². The molecule has 32 heavy (non-hydrogen) atoms. The first-order valence-corrected chi connectivity index (χ1v) is 10.6. The van der Waals surface area contributed by atoms with Crippen LogP contribution in [0.4, 0.5) is 0 Å². The molecular formula is C25H26N2O5. The minimum Gasteiger partial charge on any atom is -0.503 e. The lowest BCUT2D eigenvalue weighted by atomic mass is 9.96. The normalized spacial score (nSPS) is 16.2. The molecule has 1 unspecified atom stereocenters. The van der Waals surface area contributed by atoms with E-state index in [1.54, 1.807) is 24.1 Å². The van der Waals surface area contributed by atoms with Crippen LogP contribution >= 0.6 is 0 Å². The summed E-state index contributed by atoms with van der Waals surface area (Å²) in [4.78, 5) is 30.0. The summed E-state index contributed by atoms with van der Waals surface area (Å²) in [5.41, 5.74) is 2.87. The molecule has 7 nitrogen and oxygen atoms in total. The number of aromatic amines is 1. The summed E-state index contributed by atoms with van der Waals surface area (Å²) in [6.07, 6.45) is 2.46. The third-order valence-electron chi connectivity index (χ3n) is 5.79. The van der Waals surface area contributed by atoms with Gasteiger partial charge in [0.1, 0.15) is 11.5 Å². The lowest BCUT2D eigenvalue weighted by Gasteiger charge is -2.26. The Hall–Kier alpha value is -3.74. The second-order valence-corrected chi connectivity index (χ2v) is 7.70. The molecule has 2 N–H and O–H groups in total. The number of H-pyrrole nitrogens is 1. The molecule has 0 aliphatic carbocycles. The maximum Gasteiger partial charge on any atom is 0.290 e. The van der Waals surface area contributed by atoms with Crippen molar-refractivity contribution in [3.8, 4) is 11.5 Å². The number of hydrogen-bond acceptors (Lipinski definition) is 5. The second-order valence-electron chi connectivity index (χ2n) is 7.70. The van der Waals surface area contributed by atoms with Crippen LogP contribution in [-0.4, -0.2) is 46.9 Å². The van der Waals surface area contributed by atoms with Crippen molar-refractivity contribution in [2.24, 2.45) is 0 Å². The molecule has 0 saturated carbocycles. The van der Waals surface area contributed by atoms with Crippen molar-refractivity contribution in [2.45, 2.75) is 26.3 Å². The summed E-state index contributed by atoms with van der Waals surface area (Å²) in [5.74, 6) is 0.121. The average molecular weight is 434 g/mol. The van der Waals surface area contributed by atoms with Crippen LogP contribution in [0.5, 0.6) is 11.5 Å². The Bertz CT molecular complexity index is 1190. The summed E-state index contributed by atoms with van der Waals surface area (Å²) in [5, 5.41) is 11.5. The van der Waals surface area contributed by atoms with Crippen LogP contribution in [0, 0.1) is 0 Å². The molecule has 0 bridgehead atoms. The number of carbonyl (C=O) groups is 2. The molecule has 1 amide bonds. The zero-order valence-electron chi connectivity index (χ0n) is 18.3. The summed E-state index contributed by atoms with van der Waals surface area (Å²) in [6.45, 7) is 4.15. The molecule has 1 aliphatic heterocycles. The van der Waals surface area contributed by atoms with Gasteiger partial charge in [-0.1, -0.05) is 12.1 Å². The minimum absolute atomic E-state index is 0.125. The molecule has 0 saturated heterocycles. The molecule has 0 radical (unpaired) electrons. The quantitative estimate of drug-likeness (QED) is 0.557. The van der Waals surface area contributed by atoms with Crippen molar-refractivity contribution in [1.29, 1.82) is 0 Å². The van der Waals surface area contributed by atoms with Gasteiger partial charge < -0.3 is 24.5 Å². The molecule has 1 atom stereocenters. The molecule has 2 aromatic carbocycles. The van der Waals surface area contributed by atoms with Gasteiger partial charge in [0, 0.05) is 23.6 Å². The zero-order chi connectivity index (χ0) is 22.8. The first-order valence-electron chi connectivity index (χ1n) is 10.6. The number of aromatic nitrogens is 1. The monoisotopic (exact) mass is 434 g/mol. The van der Waals surface area contributed by atoms with E-state index in [1.807, 2.05) is 43.5 Å². The largest absolute Gasteiger partial charge is 0.503 e. The maximum absolute atomic E-state index is 12.9. The van der Waals surface area contributed by atoms with Crippen LogP contribution in [0.1, 0.15) is 31.0 Å². The van der Waals surface area contributed by atoms with E-state index in [1.165, 1.54) is 6.92 Å². The van der Waals surface area contributed by atoms with Crippen molar-refractivity contribution in [3.05, 3.63) is 71.1 Å². The van der Waals surface area contributed by atoms with Gasteiger partial charge in [0.05, 0.1) is 25.3 Å². The number of ketones is 1. The SMILES string of the molecule is CCOc1ccc(C2C(C(C)=O)=C(O)C(=O)N2CCc2c[nH]c3ccc(OC)cc23)cc1. The molecule has 0 fully saturated rings. The number of carbonyl (C=O) groups excluding carboxylic acids is 2. The highest BCUT2D eigenvalue weighted by molar-refractivity contribution is 6.08. The van der Waals surface area contributed by atoms with Gasteiger partial charge in [0.2, 0.25) is 0 Å². The minimum atomic E-state index is -0.643. The fourth-order valence-electron chi connectivity index (χ4n) is 4.24. The fourth-order valence-corrected chi connectivity index (χ4v) is 4.24. The van der Waals surface area contributed by atoms with Gasteiger partial charge in [0.15, 0.2) is 11.5 Å². The Labute approximate surface area is 186 Å². The number of Topliss-reactive ketones (excluding diaryl/α,β-unsaturated/α-hetero) is 1. The maximum atomic E-state index is 12.9. The van der Waals surface area contributed by atoms with Crippen LogP contribution in [0.3, 0.4) is 0 Å². The van der Waals surface area contributed by atoms with Gasteiger partial charge in [-0.25, -0.2) is 0 Å². The van der Waals surface area contributed by atoms with Gasteiger partial charge >= 0.3 is 0 Å². The highest BCUT2D eigenvalue weighted by atomic mass is 16.5. The predicted molar refractivity (Wildman–Crippen MR) is 121 cm³/mol. The summed E-state index contributed by atoms with van der Waals surface area (Å²) in [6, 6.07) is 12.4. The standard InChI is InChI=1S/C25H26N2O5/c1-4-32-18-7-5-16(6-8-18)23-22(15(2)28)24(29)25(30)27(23)12-11-17-14-26-21-10-9-19(31-3)13-20(17)21/h5-10,13-14,23,26,29H,4,11-12H2,1-3H3. The van der Waals surface area contributed by atoms with Gasteiger partial charge in [-0.05, 0) is 61.7 Å². The van der Waals surface area contributed by atoms with Crippen LogP contribution in [0.2, 0.25) is 0 Å². The Morgan fingerprint density at radius 3 is 2.53 bits per heavy atom. The molecule has 7 heteroatoms. The zero-order valence-corrected chi connectivity index (χ0v) is 18.3. The third-order valence-corrected chi connectivity index (χ3v) is 5.79. The molecular weight excluding hydrogens is 408 g/mol. The van der Waals surface area contributed by atoms with Crippen molar-refractivity contribution < 1.29 is 24.2 Å². The topological polar surface area (TPSA) is 91.9 Å². The summed E-state index contributed by atoms with van der Waals surface area (Å²) in [7, 11) is 1.62. The number of aliphatic hydroxyl groups is 1. The number of amides is 1. The van der Waals surface area contributed by atoms with Crippen molar-refractivity contribution in [3.63, 3.8) is 0 Å². The Morgan fingerprint density at radius 1 is 1.16 bits per heavy atom. The Balaban J connectivity index is 1.64. The number of benzene rings is 2. The average Bonchev–Trinajstić information content (AvgIpc) is 3.31. The molecule has 0 spiro atoms. The van der Waals surface area contributed by atoms with Crippen LogP contribution in [0.25, 0.3) is 10.9 Å². The molecule has 3 aromatic rings. The second kappa shape index (κ2) is 8.78. The van der Waals surface area contributed by atoms with Crippen molar-refractivity contribution >= 4 is 22.6 Å². The molecule has 1 aromatic heterocycles. The van der Waals surface area contributed by atoms with Gasteiger partial charge in [-0.15, -0.1) is 0 Å². The highest BCUT2D eigenvalue weighted by Gasteiger charge is 2.42. The Morgan fingerprint density at radius 2 is 1.88 bits per heavy atom. The van der Waals surface area contributed by atoms with E-state index in [2.05, 4.69) is 4.98 Å². The number of ether oxygens (including phenoxy) is 2. The number of fused-ring (bicyclic) bond motifs is 1. The first-order chi connectivity index (χ1) is 15.4. The van der Waals surface area contributed by atoms with E-state index >= 15 is 0 Å². The van der Waals surface area contributed by atoms with E-state index in [0.717, 1.165) is 27.8 Å². The lowest BCUT2D eigenvalue weighted by molar-refractivity contribution is -0.129. The van der Waals surface area contributed by atoms with Crippen molar-refractivity contribution in [1.82, 2.24) is 9.88 Å². The third kappa shape index (κ3) is 3.82. The van der Waals surface area contributed by atoms with Gasteiger partial charge in [-0.3, -0.25) is 9.59 Å². The van der Waals surface area contributed by atoms with Gasteiger partial charge in [0.25, 0.3) is 5.91 Å². The Kier molecular flexibility index (Phi) is 5.90. The van der Waals surface area contributed by atoms with E-state index in [4.69, 9.17) is 9.47 Å². The lowest BCUT2D eigenvalue weighted by Crippen LogP contribution is -2.32. The number of hydrogen-bond donors (Lipinski definition) is 2. The first kappa shape index (κ1) is 21.5. The van der Waals surface area contributed by atoms with E-state index in [9.17, 15) is 14.7 Å². The molecule has 1 aliphatic rings. The molecule has 4 rings (SSSR count). The predicted octanol–water partition coefficient (Wildman–Crippen LogP) is 4.10. The summed E-state index contributed by atoms with van der Waals surface area (Å²) >= 11 is 0. The number of rotatable bonds is 8. The number of nitrogens with zero attached hydrogens (tertiary/aromatic N) is 1.